The Balaban J connectivity index is 0.00000171. The molecule has 1 fully saturated rings. The lowest BCUT2D eigenvalue weighted by molar-refractivity contribution is 0.103. The van der Waals surface area contributed by atoms with Gasteiger partial charge in [0.05, 0.1) is 0 Å². The largest absolute Gasteiger partial charge is 0.399 e. The maximum Gasteiger partial charge on any atom is 0.213 e. The van der Waals surface area contributed by atoms with Crippen LogP contribution >= 0.6 is 0 Å². The highest BCUT2D eigenvalue weighted by molar-refractivity contribution is 6.09. The van der Waals surface area contributed by atoms with Gasteiger partial charge in [-0.2, -0.15) is 0 Å². The van der Waals surface area contributed by atoms with Gasteiger partial charge in [0.2, 0.25) is 5.78 Å². The third kappa shape index (κ3) is 4.27. The molecule has 0 aliphatic carbocycles. The van der Waals surface area contributed by atoms with Crippen molar-refractivity contribution in [3.05, 3.63) is 71.7 Å². The van der Waals surface area contributed by atoms with Crippen molar-refractivity contribution in [1.29, 1.82) is 0 Å². The van der Waals surface area contributed by atoms with E-state index in [0.29, 0.717) is 22.6 Å². The van der Waals surface area contributed by atoms with E-state index in [1.165, 1.54) is 0 Å². The Morgan fingerprint density at radius 3 is 2.76 bits per heavy atom. The molecule has 0 radical (unpaired) electrons. The Bertz CT molecular complexity index is 1020. The Kier molecular flexibility index (Phi) is 5.53. The van der Waals surface area contributed by atoms with Gasteiger partial charge in [0.15, 0.2) is 0 Å². The fourth-order valence-corrected chi connectivity index (χ4v) is 3.54. The molecule has 1 aromatic carbocycles. The molecular weight excluding hydrogens is 362 g/mol. The van der Waals surface area contributed by atoms with E-state index in [1.807, 2.05) is 49.4 Å². The van der Waals surface area contributed by atoms with E-state index in [0.717, 1.165) is 49.5 Å². The third-order valence-corrected chi connectivity index (χ3v) is 5.21. The number of anilines is 2. The Morgan fingerprint density at radius 1 is 1.10 bits per heavy atom. The molecule has 0 spiro atoms. The summed E-state index contributed by atoms with van der Waals surface area (Å²) in [5, 5.41) is 3.39. The van der Waals surface area contributed by atoms with Gasteiger partial charge in [-0.15, -0.1) is 0 Å². The normalized spacial score (nSPS) is 14.4. The molecule has 0 saturated carbocycles. The summed E-state index contributed by atoms with van der Waals surface area (Å²) in [6.07, 6.45) is 2.85. The maximum absolute atomic E-state index is 13.3. The van der Waals surface area contributed by atoms with Crippen LogP contribution in [0.2, 0.25) is 0 Å². The van der Waals surface area contributed by atoms with Crippen LogP contribution in [0.15, 0.2) is 54.7 Å². The number of hydrogen-bond donors (Lipinski definition) is 2. The van der Waals surface area contributed by atoms with Crippen molar-refractivity contribution in [3.63, 3.8) is 0 Å². The SMILES string of the molecule is Cc1ncc(-c2ccc(N)cc2)cc1C(=O)c1cccc(N2CCCNCC2)n1.[HH].[HH].[HH]. The van der Waals surface area contributed by atoms with Crippen molar-refractivity contribution in [2.75, 3.05) is 36.8 Å². The number of ketones is 1. The summed E-state index contributed by atoms with van der Waals surface area (Å²) in [5.74, 6) is 0.738. The van der Waals surface area contributed by atoms with Crippen LogP contribution in [-0.2, 0) is 0 Å². The number of carbonyl (C=O) groups is 1. The second-order valence-electron chi connectivity index (χ2n) is 7.28. The molecule has 0 bridgehead atoms. The van der Waals surface area contributed by atoms with Crippen LogP contribution in [0.25, 0.3) is 11.1 Å². The summed E-state index contributed by atoms with van der Waals surface area (Å²) in [7, 11) is 0. The van der Waals surface area contributed by atoms with Crippen LogP contribution in [0.3, 0.4) is 0 Å². The highest BCUT2D eigenvalue weighted by Gasteiger charge is 2.18. The average molecular weight is 394 g/mol. The fraction of sp³-hybridized carbons (Fsp3) is 0.261. The van der Waals surface area contributed by atoms with Crippen LogP contribution in [-0.4, -0.2) is 41.9 Å². The lowest BCUT2D eigenvalue weighted by Crippen LogP contribution is -2.29. The van der Waals surface area contributed by atoms with E-state index in [2.05, 4.69) is 20.2 Å². The molecule has 6 nitrogen and oxygen atoms in total. The summed E-state index contributed by atoms with van der Waals surface area (Å²) in [6, 6.07) is 15.1. The average Bonchev–Trinajstić information content (AvgIpc) is 3.04. The third-order valence-electron chi connectivity index (χ3n) is 5.21. The fourth-order valence-electron chi connectivity index (χ4n) is 3.54. The topological polar surface area (TPSA) is 84.1 Å². The van der Waals surface area contributed by atoms with E-state index >= 15 is 0 Å². The maximum atomic E-state index is 13.3. The molecule has 1 saturated heterocycles. The lowest BCUT2D eigenvalue weighted by Gasteiger charge is -2.21. The van der Waals surface area contributed by atoms with E-state index in [-0.39, 0.29) is 10.1 Å². The summed E-state index contributed by atoms with van der Waals surface area (Å²) in [5.41, 5.74) is 10.1. The van der Waals surface area contributed by atoms with Gasteiger partial charge in [-0.25, -0.2) is 4.98 Å². The summed E-state index contributed by atoms with van der Waals surface area (Å²) < 4.78 is 0. The molecule has 2 aromatic heterocycles. The smallest absolute Gasteiger partial charge is 0.213 e. The summed E-state index contributed by atoms with van der Waals surface area (Å²) >= 11 is 0. The molecule has 6 heteroatoms. The predicted molar refractivity (Wildman–Crippen MR) is 123 cm³/mol. The molecular formula is C23H31N5O. The van der Waals surface area contributed by atoms with Gasteiger partial charge in [-0.1, -0.05) is 18.2 Å². The summed E-state index contributed by atoms with van der Waals surface area (Å²) in [6.45, 7) is 5.61. The minimum absolute atomic E-state index is 0. The Hall–Kier alpha value is -3.25. The van der Waals surface area contributed by atoms with Crippen molar-refractivity contribution < 1.29 is 9.07 Å². The number of nitrogen functional groups attached to an aromatic ring is 1. The second-order valence-corrected chi connectivity index (χ2v) is 7.28. The molecule has 0 unspecified atom stereocenters. The van der Waals surface area contributed by atoms with Crippen molar-refractivity contribution in [2.45, 2.75) is 13.3 Å². The molecule has 1 aliphatic rings. The molecule has 4 rings (SSSR count). The van der Waals surface area contributed by atoms with Crippen molar-refractivity contribution in [3.8, 4) is 11.1 Å². The number of aromatic nitrogens is 2. The first kappa shape index (κ1) is 19.1. The van der Waals surface area contributed by atoms with E-state index in [1.54, 1.807) is 12.3 Å². The van der Waals surface area contributed by atoms with Crippen LogP contribution < -0.4 is 16.0 Å². The zero-order chi connectivity index (χ0) is 20.2. The molecule has 29 heavy (non-hydrogen) atoms. The molecule has 154 valence electrons. The van der Waals surface area contributed by atoms with Gasteiger partial charge in [-0.05, 0) is 55.8 Å². The highest BCUT2D eigenvalue weighted by atomic mass is 16.1. The predicted octanol–water partition coefficient (Wildman–Crippen LogP) is 3.80. The lowest BCUT2D eigenvalue weighted by atomic mass is 10.0. The molecule has 3 aromatic rings. The van der Waals surface area contributed by atoms with Gasteiger partial charge in [0, 0.05) is 52.6 Å². The van der Waals surface area contributed by atoms with Gasteiger partial charge in [0.1, 0.15) is 11.5 Å². The number of pyridine rings is 2. The molecule has 3 heterocycles. The zero-order valence-electron chi connectivity index (χ0n) is 16.6. The van der Waals surface area contributed by atoms with E-state index in [4.69, 9.17) is 5.73 Å². The van der Waals surface area contributed by atoms with Gasteiger partial charge in [0.25, 0.3) is 0 Å². The van der Waals surface area contributed by atoms with Crippen LogP contribution in [0.4, 0.5) is 11.5 Å². The quantitative estimate of drug-likeness (QED) is 0.518. The number of hydrogen-bond acceptors (Lipinski definition) is 6. The van der Waals surface area contributed by atoms with Crippen molar-refractivity contribution in [2.24, 2.45) is 0 Å². The molecule has 3 N–H and O–H groups in total. The second kappa shape index (κ2) is 8.41. The van der Waals surface area contributed by atoms with Crippen molar-refractivity contribution in [1.82, 2.24) is 15.3 Å². The number of aryl methyl sites for hydroxylation is 1. The first-order chi connectivity index (χ1) is 14.1. The number of nitrogens with one attached hydrogen (secondary N) is 1. The molecule has 1 aliphatic heterocycles. The Labute approximate surface area is 175 Å². The molecule has 0 amide bonds. The standard InChI is InChI=1S/C23H25N5O.3H2/c1-16-20(14-18(15-26-16)17-6-8-19(24)9-7-17)23(29)21-4-2-5-22(27-21)28-12-3-10-25-11-13-28;;;/h2,4-9,14-15,25H,3,10-13,24H2,1H3;3*1H. The minimum atomic E-state index is -0.109. The monoisotopic (exact) mass is 393 g/mol. The Morgan fingerprint density at radius 2 is 1.93 bits per heavy atom. The highest BCUT2D eigenvalue weighted by Crippen LogP contribution is 2.24. The van der Waals surface area contributed by atoms with Crippen LogP contribution in [0.1, 0.15) is 32.4 Å². The van der Waals surface area contributed by atoms with E-state index in [9.17, 15) is 4.79 Å². The number of carbonyl (C=O) groups excluding carboxylic acids is 1. The summed E-state index contributed by atoms with van der Waals surface area (Å²) in [4.78, 5) is 24.6. The zero-order valence-corrected chi connectivity index (χ0v) is 16.6. The first-order valence-electron chi connectivity index (χ1n) is 9.92. The number of benzene rings is 1. The van der Waals surface area contributed by atoms with Gasteiger partial charge < -0.3 is 16.0 Å². The van der Waals surface area contributed by atoms with Gasteiger partial charge >= 0.3 is 0 Å². The number of nitrogens with two attached hydrogens (primary N) is 1. The minimum Gasteiger partial charge on any atom is -0.399 e. The van der Waals surface area contributed by atoms with Gasteiger partial charge in [-0.3, -0.25) is 9.78 Å². The van der Waals surface area contributed by atoms with Crippen molar-refractivity contribution >= 4 is 17.3 Å². The number of rotatable bonds is 4. The van der Waals surface area contributed by atoms with E-state index < -0.39 is 0 Å². The van der Waals surface area contributed by atoms with Crippen LogP contribution in [0.5, 0.6) is 0 Å². The number of nitrogens with zero attached hydrogens (tertiary/aromatic N) is 3. The first-order valence-corrected chi connectivity index (χ1v) is 9.92. The molecule has 0 atom stereocenters. The van der Waals surface area contributed by atoms with Crippen LogP contribution in [0, 0.1) is 6.92 Å².